The summed E-state index contributed by atoms with van der Waals surface area (Å²) in [4.78, 5) is 13.8. The summed E-state index contributed by atoms with van der Waals surface area (Å²) in [5.74, 6) is 2.20. The van der Waals surface area contributed by atoms with Gasteiger partial charge >= 0.3 is 0 Å². The van der Waals surface area contributed by atoms with Crippen LogP contribution in [0.1, 0.15) is 26.7 Å². The van der Waals surface area contributed by atoms with Gasteiger partial charge in [0.25, 0.3) is 5.91 Å². The Morgan fingerprint density at radius 3 is 3.00 bits per heavy atom. The van der Waals surface area contributed by atoms with Crippen LogP contribution >= 0.6 is 0 Å². The molecule has 0 spiro atoms. The molecule has 1 aromatic carbocycles. The Balaban J connectivity index is 1.62. The first-order valence-electron chi connectivity index (χ1n) is 7.68. The minimum atomic E-state index is -0.0295. The number of piperidine rings is 1. The molecule has 1 unspecified atom stereocenters. The van der Waals surface area contributed by atoms with Gasteiger partial charge in [-0.25, -0.2) is 0 Å². The van der Waals surface area contributed by atoms with Gasteiger partial charge < -0.3 is 19.7 Å². The van der Waals surface area contributed by atoms with Crippen LogP contribution in [-0.4, -0.2) is 31.8 Å². The van der Waals surface area contributed by atoms with E-state index in [1.807, 2.05) is 25.1 Å². The molecule has 3 atom stereocenters. The zero-order valence-electron chi connectivity index (χ0n) is 12.6. The van der Waals surface area contributed by atoms with Gasteiger partial charge in [0, 0.05) is 17.7 Å². The molecular formula is C16H23N2O3+. The molecule has 2 aliphatic rings. The molecule has 1 amide bonds. The van der Waals surface area contributed by atoms with Crippen molar-refractivity contribution >= 4 is 11.6 Å². The van der Waals surface area contributed by atoms with Crippen LogP contribution in [0.5, 0.6) is 11.5 Å². The van der Waals surface area contributed by atoms with Gasteiger partial charge in [0.15, 0.2) is 17.5 Å². The fraction of sp³-hybridized carbons (Fsp3) is 0.562. The van der Waals surface area contributed by atoms with E-state index in [9.17, 15) is 4.79 Å². The fourth-order valence-corrected chi connectivity index (χ4v) is 3.13. The molecule has 0 bridgehead atoms. The Hall–Kier alpha value is -1.75. The van der Waals surface area contributed by atoms with Gasteiger partial charge in [-0.1, -0.05) is 6.92 Å². The maximum absolute atomic E-state index is 12.4. The summed E-state index contributed by atoms with van der Waals surface area (Å²) in [5.41, 5.74) is 0.764. The van der Waals surface area contributed by atoms with Crippen molar-refractivity contribution in [1.29, 1.82) is 0 Å². The Bertz CT molecular complexity index is 532. The van der Waals surface area contributed by atoms with Crippen molar-refractivity contribution in [3.8, 4) is 11.5 Å². The van der Waals surface area contributed by atoms with Crippen LogP contribution in [0, 0.1) is 5.92 Å². The van der Waals surface area contributed by atoms with Gasteiger partial charge in [0.2, 0.25) is 6.79 Å². The minimum absolute atomic E-state index is 0.0295. The number of fused-ring (bicyclic) bond motifs is 1. The average molecular weight is 291 g/mol. The lowest BCUT2D eigenvalue weighted by Gasteiger charge is -2.31. The van der Waals surface area contributed by atoms with E-state index in [1.165, 1.54) is 17.7 Å². The van der Waals surface area contributed by atoms with Crippen LogP contribution in [0.25, 0.3) is 0 Å². The van der Waals surface area contributed by atoms with Crippen molar-refractivity contribution in [2.45, 2.75) is 32.7 Å². The van der Waals surface area contributed by atoms with Gasteiger partial charge in [0.05, 0.1) is 13.1 Å². The van der Waals surface area contributed by atoms with E-state index in [2.05, 4.69) is 12.2 Å². The summed E-state index contributed by atoms with van der Waals surface area (Å²) in [6.45, 7) is 6.69. The topological polar surface area (TPSA) is 52.0 Å². The molecule has 0 radical (unpaired) electrons. The third kappa shape index (κ3) is 3.13. The maximum atomic E-state index is 12.4. The highest BCUT2D eigenvalue weighted by Crippen LogP contribution is 2.34. The molecule has 0 aromatic heterocycles. The summed E-state index contributed by atoms with van der Waals surface area (Å²) in [6, 6.07) is 5.48. The predicted octanol–water partition coefficient (Wildman–Crippen LogP) is 1.06. The lowest BCUT2D eigenvalue weighted by molar-refractivity contribution is -0.922. The first kappa shape index (κ1) is 14.2. The molecule has 2 heterocycles. The van der Waals surface area contributed by atoms with Gasteiger partial charge in [-0.3, -0.25) is 4.79 Å². The molecule has 114 valence electrons. The Morgan fingerprint density at radius 1 is 1.38 bits per heavy atom. The second-order valence-electron chi connectivity index (χ2n) is 6.14. The number of hydrogen-bond acceptors (Lipinski definition) is 3. The number of nitrogens with one attached hydrogen (secondary N) is 2. The quantitative estimate of drug-likeness (QED) is 0.875. The summed E-state index contributed by atoms with van der Waals surface area (Å²) in [7, 11) is 0. The van der Waals surface area contributed by atoms with Gasteiger partial charge in [-0.2, -0.15) is 0 Å². The lowest BCUT2D eigenvalue weighted by Crippen LogP contribution is -3.17. The highest BCUT2D eigenvalue weighted by molar-refractivity contribution is 5.93. The zero-order chi connectivity index (χ0) is 14.8. The normalized spacial score (nSPS) is 25.4. The van der Waals surface area contributed by atoms with E-state index in [0.29, 0.717) is 11.7 Å². The third-order valence-corrected chi connectivity index (χ3v) is 4.45. The highest BCUT2D eigenvalue weighted by Gasteiger charge is 2.29. The predicted molar refractivity (Wildman–Crippen MR) is 79.8 cm³/mol. The first-order valence-corrected chi connectivity index (χ1v) is 7.68. The van der Waals surface area contributed by atoms with Crippen molar-refractivity contribution in [1.82, 2.24) is 0 Å². The standard InChI is InChI=1S/C16H22N2O3/c1-11-4-3-7-18(9-11)12(2)16(19)17-13-5-6-14-15(8-13)21-10-20-14/h5-6,8,11-12H,3-4,7,9-10H2,1-2H3,(H,17,19)/p+1/t11-,12-/m0/s1. The van der Waals surface area contributed by atoms with Crippen LogP contribution in [0.2, 0.25) is 0 Å². The van der Waals surface area contributed by atoms with Gasteiger partial charge in [0.1, 0.15) is 0 Å². The molecule has 1 fully saturated rings. The number of quaternary nitrogens is 1. The second kappa shape index (κ2) is 5.93. The molecule has 2 aliphatic heterocycles. The molecule has 0 aliphatic carbocycles. The Morgan fingerprint density at radius 2 is 2.19 bits per heavy atom. The van der Waals surface area contributed by atoms with Crippen molar-refractivity contribution in [2.24, 2.45) is 5.92 Å². The lowest BCUT2D eigenvalue weighted by atomic mass is 9.99. The van der Waals surface area contributed by atoms with Crippen LogP contribution in [-0.2, 0) is 4.79 Å². The van der Waals surface area contributed by atoms with Crippen LogP contribution < -0.4 is 19.7 Å². The molecule has 1 aromatic rings. The zero-order valence-corrected chi connectivity index (χ0v) is 12.6. The number of carbonyl (C=O) groups excluding carboxylic acids is 1. The van der Waals surface area contributed by atoms with E-state index in [-0.39, 0.29) is 18.7 Å². The second-order valence-corrected chi connectivity index (χ2v) is 6.14. The molecule has 5 heteroatoms. The smallest absolute Gasteiger partial charge is 0.282 e. The van der Waals surface area contributed by atoms with E-state index < -0.39 is 0 Å². The number of anilines is 1. The number of likely N-dealkylation sites (tertiary alicyclic amines) is 1. The first-order chi connectivity index (χ1) is 10.1. The van der Waals surface area contributed by atoms with Crippen molar-refractivity contribution in [3.05, 3.63) is 18.2 Å². The molecular weight excluding hydrogens is 268 g/mol. The van der Waals surface area contributed by atoms with E-state index in [4.69, 9.17) is 9.47 Å². The van der Waals surface area contributed by atoms with Crippen LogP contribution in [0.15, 0.2) is 18.2 Å². The van der Waals surface area contributed by atoms with E-state index in [1.54, 1.807) is 0 Å². The largest absolute Gasteiger partial charge is 0.454 e. The molecule has 3 rings (SSSR count). The highest BCUT2D eigenvalue weighted by atomic mass is 16.7. The average Bonchev–Trinajstić information content (AvgIpc) is 2.94. The van der Waals surface area contributed by atoms with Crippen LogP contribution in [0.3, 0.4) is 0 Å². The van der Waals surface area contributed by atoms with Crippen LogP contribution in [0.4, 0.5) is 5.69 Å². The molecule has 0 saturated carbocycles. The molecule has 5 nitrogen and oxygen atoms in total. The number of rotatable bonds is 3. The van der Waals surface area contributed by atoms with Crippen molar-refractivity contribution < 1.29 is 19.2 Å². The number of amides is 1. The summed E-state index contributed by atoms with van der Waals surface area (Å²) in [5, 5.41) is 2.99. The molecule has 1 saturated heterocycles. The van der Waals surface area contributed by atoms with Gasteiger partial charge in [-0.05, 0) is 31.9 Å². The Labute approximate surface area is 125 Å². The third-order valence-electron chi connectivity index (χ3n) is 4.45. The number of carbonyl (C=O) groups is 1. The molecule has 21 heavy (non-hydrogen) atoms. The number of hydrogen-bond donors (Lipinski definition) is 2. The maximum Gasteiger partial charge on any atom is 0.282 e. The fourth-order valence-electron chi connectivity index (χ4n) is 3.13. The number of ether oxygens (including phenoxy) is 2. The van der Waals surface area contributed by atoms with Gasteiger partial charge in [-0.15, -0.1) is 0 Å². The Kier molecular flexibility index (Phi) is 4.01. The summed E-state index contributed by atoms with van der Waals surface area (Å²) in [6.07, 6.45) is 2.48. The monoisotopic (exact) mass is 291 g/mol. The summed E-state index contributed by atoms with van der Waals surface area (Å²) >= 11 is 0. The van der Waals surface area contributed by atoms with Crippen molar-refractivity contribution in [3.63, 3.8) is 0 Å². The SMILES string of the molecule is C[C@H]1CCC[NH+]([C@@H](C)C(=O)Nc2ccc3c(c2)OCO3)C1. The van der Waals surface area contributed by atoms with Crippen molar-refractivity contribution in [2.75, 3.05) is 25.2 Å². The summed E-state index contributed by atoms with van der Waals surface area (Å²) < 4.78 is 10.6. The van der Waals surface area contributed by atoms with E-state index >= 15 is 0 Å². The number of benzene rings is 1. The van der Waals surface area contributed by atoms with E-state index in [0.717, 1.165) is 24.5 Å². The molecule has 2 N–H and O–H groups in total. The minimum Gasteiger partial charge on any atom is -0.454 e.